The molecular formula is C14H19NO3. The number of benzene rings is 1. The van der Waals surface area contributed by atoms with Crippen molar-refractivity contribution in [3.05, 3.63) is 34.9 Å². The lowest BCUT2D eigenvalue weighted by atomic mass is 10.1. The van der Waals surface area contributed by atoms with Gasteiger partial charge in [0.05, 0.1) is 5.56 Å². The lowest BCUT2D eigenvalue weighted by Gasteiger charge is -2.19. The van der Waals surface area contributed by atoms with E-state index in [4.69, 9.17) is 5.11 Å². The van der Waals surface area contributed by atoms with E-state index in [1.807, 2.05) is 13.8 Å². The molecule has 0 aromatic heterocycles. The number of carboxylic acids is 1. The first-order valence-electron chi connectivity index (χ1n) is 5.91. The van der Waals surface area contributed by atoms with E-state index in [0.29, 0.717) is 18.0 Å². The first-order valence-corrected chi connectivity index (χ1v) is 5.91. The molecule has 0 bridgehead atoms. The van der Waals surface area contributed by atoms with Crippen LogP contribution in [0.15, 0.2) is 18.2 Å². The number of aromatic carboxylic acids is 1. The Morgan fingerprint density at radius 1 is 1.22 bits per heavy atom. The highest BCUT2D eigenvalue weighted by Crippen LogP contribution is 2.12. The molecule has 0 saturated carbocycles. The highest BCUT2D eigenvalue weighted by atomic mass is 16.4. The zero-order valence-corrected chi connectivity index (χ0v) is 11.2. The normalized spacial score (nSPS) is 10.5. The summed E-state index contributed by atoms with van der Waals surface area (Å²) in [5.41, 5.74) is 1.35. The molecule has 4 nitrogen and oxygen atoms in total. The molecule has 1 amide bonds. The minimum absolute atomic E-state index is 0.144. The van der Waals surface area contributed by atoms with Crippen LogP contribution in [0.2, 0.25) is 0 Å². The van der Waals surface area contributed by atoms with Gasteiger partial charge in [0, 0.05) is 19.2 Å². The maximum atomic E-state index is 12.1. The summed E-state index contributed by atoms with van der Waals surface area (Å²) in [7, 11) is 1.73. The van der Waals surface area contributed by atoms with E-state index < -0.39 is 5.97 Å². The molecule has 0 aliphatic carbocycles. The topological polar surface area (TPSA) is 57.6 Å². The largest absolute Gasteiger partial charge is 0.478 e. The van der Waals surface area contributed by atoms with Crippen LogP contribution in [-0.2, 0) is 0 Å². The Bertz CT molecular complexity index is 466. The van der Waals surface area contributed by atoms with Gasteiger partial charge in [0.2, 0.25) is 0 Å². The van der Waals surface area contributed by atoms with Gasteiger partial charge in [-0.1, -0.05) is 13.8 Å². The van der Waals surface area contributed by atoms with Gasteiger partial charge in [-0.05, 0) is 36.6 Å². The van der Waals surface area contributed by atoms with Crippen molar-refractivity contribution in [2.45, 2.75) is 20.8 Å². The molecule has 0 saturated heterocycles. The monoisotopic (exact) mass is 249 g/mol. The number of aryl methyl sites for hydroxylation is 1. The summed E-state index contributed by atoms with van der Waals surface area (Å²) in [4.78, 5) is 24.7. The van der Waals surface area contributed by atoms with Crippen molar-refractivity contribution < 1.29 is 14.7 Å². The van der Waals surface area contributed by atoms with Gasteiger partial charge in [0.15, 0.2) is 0 Å². The van der Waals surface area contributed by atoms with Gasteiger partial charge in [0.25, 0.3) is 5.91 Å². The second-order valence-electron chi connectivity index (χ2n) is 4.97. The van der Waals surface area contributed by atoms with Crippen molar-refractivity contribution in [1.82, 2.24) is 4.90 Å². The third-order valence-electron chi connectivity index (χ3n) is 2.56. The Kier molecular flexibility index (Phi) is 4.48. The van der Waals surface area contributed by atoms with E-state index in [1.165, 1.54) is 6.07 Å². The fraction of sp³-hybridized carbons (Fsp3) is 0.429. The summed E-state index contributed by atoms with van der Waals surface area (Å²) in [6.07, 6.45) is 0. The predicted octanol–water partition coefficient (Wildman–Crippen LogP) is 2.42. The molecule has 0 heterocycles. The molecule has 0 aliphatic rings. The Labute approximate surface area is 107 Å². The SMILES string of the molecule is Cc1cc(C(=O)O)cc(C(=O)N(C)CC(C)C)c1. The molecule has 1 rings (SSSR count). The summed E-state index contributed by atoms with van der Waals surface area (Å²) in [5, 5.41) is 8.97. The van der Waals surface area contributed by atoms with Crippen LogP contribution in [0.3, 0.4) is 0 Å². The van der Waals surface area contributed by atoms with Crippen molar-refractivity contribution in [3.8, 4) is 0 Å². The minimum Gasteiger partial charge on any atom is -0.478 e. The second-order valence-corrected chi connectivity index (χ2v) is 4.97. The van der Waals surface area contributed by atoms with Gasteiger partial charge in [-0.15, -0.1) is 0 Å². The van der Waals surface area contributed by atoms with E-state index in [2.05, 4.69) is 0 Å². The van der Waals surface area contributed by atoms with E-state index in [-0.39, 0.29) is 11.5 Å². The number of nitrogens with zero attached hydrogens (tertiary/aromatic N) is 1. The molecule has 1 aromatic carbocycles. The molecule has 0 atom stereocenters. The summed E-state index contributed by atoms with van der Waals surface area (Å²) < 4.78 is 0. The first kappa shape index (κ1) is 14.2. The molecule has 4 heteroatoms. The zero-order valence-electron chi connectivity index (χ0n) is 11.2. The number of carboxylic acid groups (broad SMARTS) is 1. The van der Waals surface area contributed by atoms with E-state index in [9.17, 15) is 9.59 Å². The molecule has 1 N–H and O–H groups in total. The van der Waals surface area contributed by atoms with Gasteiger partial charge in [-0.25, -0.2) is 4.79 Å². The highest BCUT2D eigenvalue weighted by Gasteiger charge is 2.15. The van der Waals surface area contributed by atoms with Crippen LogP contribution in [-0.4, -0.2) is 35.5 Å². The van der Waals surface area contributed by atoms with Crippen molar-refractivity contribution in [2.75, 3.05) is 13.6 Å². The number of hydrogen-bond acceptors (Lipinski definition) is 2. The van der Waals surface area contributed by atoms with Gasteiger partial charge in [-0.3, -0.25) is 4.79 Å². The lowest BCUT2D eigenvalue weighted by Crippen LogP contribution is -2.30. The number of amides is 1. The van der Waals surface area contributed by atoms with E-state index in [1.54, 1.807) is 31.0 Å². The number of carbonyl (C=O) groups is 2. The summed E-state index contributed by atoms with van der Waals surface area (Å²) >= 11 is 0. The molecular weight excluding hydrogens is 230 g/mol. The molecule has 98 valence electrons. The maximum absolute atomic E-state index is 12.1. The van der Waals surface area contributed by atoms with Gasteiger partial charge in [0.1, 0.15) is 0 Å². The van der Waals surface area contributed by atoms with Crippen LogP contribution < -0.4 is 0 Å². The standard InChI is InChI=1S/C14H19NO3/c1-9(2)8-15(4)13(16)11-5-10(3)6-12(7-11)14(17)18/h5-7,9H,8H2,1-4H3,(H,17,18). The first-order chi connectivity index (χ1) is 8.31. The second kappa shape index (κ2) is 5.67. The van der Waals surface area contributed by atoms with Gasteiger partial charge < -0.3 is 10.0 Å². The van der Waals surface area contributed by atoms with Crippen LogP contribution >= 0.6 is 0 Å². The smallest absolute Gasteiger partial charge is 0.335 e. The van der Waals surface area contributed by atoms with Crippen LogP contribution in [0.4, 0.5) is 0 Å². The summed E-state index contributed by atoms with van der Waals surface area (Å²) in [5.74, 6) is -0.781. The molecule has 18 heavy (non-hydrogen) atoms. The van der Waals surface area contributed by atoms with Crippen molar-refractivity contribution >= 4 is 11.9 Å². The van der Waals surface area contributed by atoms with Crippen molar-refractivity contribution in [1.29, 1.82) is 0 Å². The predicted molar refractivity (Wildman–Crippen MR) is 69.9 cm³/mol. The fourth-order valence-electron chi connectivity index (χ4n) is 1.88. The molecule has 0 spiro atoms. The molecule has 1 aromatic rings. The lowest BCUT2D eigenvalue weighted by molar-refractivity contribution is 0.0696. The third kappa shape index (κ3) is 3.58. The minimum atomic E-state index is -1.01. The number of carbonyl (C=O) groups excluding carboxylic acids is 1. The fourth-order valence-corrected chi connectivity index (χ4v) is 1.88. The third-order valence-corrected chi connectivity index (χ3v) is 2.56. The molecule has 0 aliphatic heterocycles. The quantitative estimate of drug-likeness (QED) is 0.891. The van der Waals surface area contributed by atoms with Gasteiger partial charge >= 0.3 is 5.97 Å². The highest BCUT2D eigenvalue weighted by molar-refractivity contribution is 5.97. The van der Waals surface area contributed by atoms with Crippen molar-refractivity contribution in [3.63, 3.8) is 0 Å². The van der Waals surface area contributed by atoms with E-state index >= 15 is 0 Å². The summed E-state index contributed by atoms with van der Waals surface area (Å²) in [6.45, 7) is 6.49. The van der Waals surface area contributed by atoms with Crippen LogP contribution in [0.25, 0.3) is 0 Å². The van der Waals surface area contributed by atoms with Crippen molar-refractivity contribution in [2.24, 2.45) is 5.92 Å². The Morgan fingerprint density at radius 2 is 1.78 bits per heavy atom. The molecule has 0 unspecified atom stereocenters. The Hall–Kier alpha value is -1.84. The average Bonchev–Trinajstić information content (AvgIpc) is 2.26. The molecule has 0 radical (unpaired) electrons. The Balaban J connectivity index is 3.02. The average molecular weight is 249 g/mol. The van der Waals surface area contributed by atoms with Crippen LogP contribution in [0.1, 0.15) is 40.1 Å². The van der Waals surface area contributed by atoms with Crippen LogP contribution in [0, 0.1) is 12.8 Å². The number of hydrogen-bond donors (Lipinski definition) is 1. The summed E-state index contributed by atoms with van der Waals surface area (Å²) in [6, 6.07) is 4.70. The number of rotatable bonds is 4. The maximum Gasteiger partial charge on any atom is 0.335 e. The van der Waals surface area contributed by atoms with Gasteiger partial charge in [-0.2, -0.15) is 0 Å². The zero-order chi connectivity index (χ0) is 13.9. The molecule has 0 fully saturated rings. The van der Waals surface area contributed by atoms with Crippen LogP contribution in [0.5, 0.6) is 0 Å². The van der Waals surface area contributed by atoms with E-state index in [0.717, 1.165) is 5.56 Å². The Morgan fingerprint density at radius 3 is 2.28 bits per heavy atom.